The molecule has 0 unspecified atom stereocenters. The number of H-pyrrole nitrogens is 1. The van der Waals surface area contributed by atoms with Crippen LogP contribution in [0.2, 0.25) is 0 Å². The van der Waals surface area contributed by atoms with E-state index in [1.54, 1.807) is 11.3 Å². The molecule has 0 atom stereocenters. The second kappa shape index (κ2) is 10.4. The van der Waals surface area contributed by atoms with Gasteiger partial charge in [0.1, 0.15) is 10.7 Å². The molecule has 0 bridgehead atoms. The van der Waals surface area contributed by atoms with Gasteiger partial charge in [0.15, 0.2) is 0 Å². The Kier molecular flexibility index (Phi) is 7.55. The van der Waals surface area contributed by atoms with Gasteiger partial charge in [0, 0.05) is 29.9 Å². The van der Waals surface area contributed by atoms with Crippen molar-refractivity contribution in [3.8, 4) is 0 Å². The Morgan fingerprint density at radius 2 is 2.00 bits per heavy atom. The molecule has 0 aromatic carbocycles. The molecule has 1 aliphatic carbocycles. The molecule has 2 amide bonds. The number of hydrogen-bond acceptors (Lipinski definition) is 6. The summed E-state index contributed by atoms with van der Waals surface area (Å²) in [4.78, 5) is 49.1. The van der Waals surface area contributed by atoms with Crippen LogP contribution in [0.1, 0.15) is 62.2 Å². The van der Waals surface area contributed by atoms with E-state index in [9.17, 15) is 14.4 Å². The van der Waals surface area contributed by atoms with E-state index in [-0.39, 0.29) is 29.3 Å². The molecule has 1 saturated heterocycles. The van der Waals surface area contributed by atoms with Crippen molar-refractivity contribution in [1.82, 2.24) is 20.2 Å². The molecule has 9 heteroatoms. The lowest BCUT2D eigenvalue weighted by atomic mass is 9.98. The van der Waals surface area contributed by atoms with E-state index < -0.39 is 0 Å². The molecule has 0 saturated carbocycles. The molecule has 7 nitrogen and oxygen atoms in total. The number of hydrogen-bond donors (Lipinski definition) is 2. The quantitative estimate of drug-likeness (QED) is 0.610. The predicted octanol–water partition coefficient (Wildman–Crippen LogP) is 3.25. The minimum absolute atomic E-state index is 0.00158. The number of aromatic amines is 1. The maximum absolute atomic E-state index is 12.5. The van der Waals surface area contributed by atoms with Crippen LogP contribution >= 0.6 is 23.1 Å². The van der Waals surface area contributed by atoms with Crippen molar-refractivity contribution in [3.63, 3.8) is 0 Å². The highest BCUT2D eigenvalue weighted by Gasteiger charge is 2.27. The van der Waals surface area contributed by atoms with Crippen molar-refractivity contribution in [2.45, 2.75) is 70.6 Å². The van der Waals surface area contributed by atoms with E-state index in [4.69, 9.17) is 0 Å². The summed E-state index contributed by atoms with van der Waals surface area (Å²) in [7, 11) is 0. The number of nitrogens with one attached hydrogen (secondary N) is 2. The minimum atomic E-state index is -0.0517. The van der Waals surface area contributed by atoms with Crippen LogP contribution in [-0.4, -0.2) is 51.6 Å². The van der Waals surface area contributed by atoms with E-state index in [2.05, 4.69) is 29.1 Å². The highest BCUT2D eigenvalue weighted by atomic mass is 32.2. The largest absolute Gasteiger partial charge is 0.353 e. The van der Waals surface area contributed by atoms with Gasteiger partial charge < -0.3 is 15.2 Å². The molecule has 1 fully saturated rings. The second-order valence-electron chi connectivity index (χ2n) is 8.72. The van der Waals surface area contributed by atoms with Gasteiger partial charge in [0.2, 0.25) is 11.8 Å². The number of rotatable bonds is 8. The first kappa shape index (κ1) is 23.3. The summed E-state index contributed by atoms with van der Waals surface area (Å²) < 4.78 is 0. The van der Waals surface area contributed by atoms with Crippen LogP contribution in [0.25, 0.3) is 10.2 Å². The van der Waals surface area contributed by atoms with Crippen LogP contribution < -0.4 is 10.9 Å². The zero-order chi connectivity index (χ0) is 22.7. The van der Waals surface area contributed by atoms with Gasteiger partial charge in [-0.25, -0.2) is 4.98 Å². The van der Waals surface area contributed by atoms with Crippen molar-refractivity contribution >= 4 is 45.1 Å². The maximum atomic E-state index is 12.5. The first-order chi connectivity index (χ1) is 15.5. The van der Waals surface area contributed by atoms with Gasteiger partial charge in [0.05, 0.1) is 16.9 Å². The Hall–Kier alpha value is -1.87. The molecule has 0 spiro atoms. The van der Waals surface area contributed by atoms with Crippen LogP contribution in [0.15, 0.2) is 4.79 Å². The number of aryl methyl sites for hydroxylation is 2. The monoisotopic (exact) mass is 476 g/mol. The molecule has 2 aromatic heterocycles. The number of amides is 2. The number of nitrogens with zero attached hydrogens (tertiary/aromatic N) is 2. The third-order valence-corrected chi connectivity index (χ3v) is 8.73. The molecule has 4 rings (SSSR count). The lowest BCUT2D eigenvalue weighted by Crippen LogP contribution is -2.48. The number of carbonyl (C=O) groups excluding carboxylic acids is 2. The number of likely N-dealkylation sites (tertiary alicyclic amines) is 1. The van der Waals surface area contributed by atoms with Gasteiger partial charge in [-0.05, 0) is 50.5 Å². The van der Waals surface area contributed by atoms with Crippen molar-refractivity contribution in [3.05, 3.63) is 26.6 Å². The Labute approximate surface area is 196 Å². The molecule has 2 aromatic rings. The van der Waals surface area contributed by atoms with Crippen LogP contribution in [0.4, 0.5) is 0 Å². The number of thioether (sulfide) groups is 1. The van der Waals surface area contributed by atoms with E-state index in [1.165, 1.54) is 22.2 Å². The van der Waals surface area contributed by atoms with E-state index in [1.807, 2.05) is 4.90 Å². The van der Waals surface area contributed by atoms with Gasteiger partial charge >= 0.3 is 0 Å². The first-order valence-electron chi connectivity index (χ1n) is 11.7. The first-order valence-corrected chi connectivity index (χ1v) is 13.7. The van der Waals surface area contributed by atoms with Crippen molar-refractivity contribution in [2.75, 3.05) is 18.8 Å². The third-order valence-electron chi connectivity index (χ3n) is 6.60. The average molecular weight is 477 g/mol. The Balaban J connectivity index is 1.22. The van der Waals surface area contributed by atoms with Gasteiger partial charge in [-0.3, -0.25) is 14.4 Å². The Morgan fingerprint density at radius 1 is 1.25 bits per heavy atom. The summed E-state index contributed by atoms with van der Waals surface area (Å²) in [5.41, 5.74) is 1.13. The van der Waals surface area contributed by atoms with Gasteiger partial charge in [-0.15, -0.1) is 23.1 Å². The topological polar surface area (TPSA) is 95.2 Å². The summed E-state index contributed by atoms with van der Waals surface area (Å²) in [6.45, 7) is 5.55. The summed E-state index contributed by atoms with van der Waals surface area (Å²) in [5.74, 6) is 1.84. The van der Waals surface area contributed by atoms with E-state index >= 15 is 0 Å². The number of thiophene rings is 1. The van der Waals surface area contributed by atoms with Crippen molar-refractivity contribution in [2.24, 2.45) is 5.92 Å². The third kappa shape index (κ3) is 5.03. The molecular weight excluding hydrogens is 444 g/mol. The second-order valence-corrected chi connectivity index (χ2v) is 10.8. The lowest BCUT2D eigenvalue weighted by molar-refractivity contribution is -0.136. The fourth-order valence-corrected chi connectivity index (χ4v) is 6.75. The minimum Gasteiger partial charge on any atom is -0.353 e. The Bertz CT molecular complexity index is 1040. The number of piperidine rings is 1. The molecular formula is C23H32N4O3S2. The lowest BCUT2D eigenvalue weighted by Gasteiger charge is -2.34. The molecule has 32 heavy (non-hydrogen) atoms. The smallest absolute Gasteiger partial charge is 0.259 e. The number of carbonyl (C=O) groups is 2. The molecule has 2 N–H and O–H groups in total. The summed E-state index contributed by atoms with van der Waals surface area (Å²) >= 11 is 3.10. The van der Waals surface area contributed by atoms with Crippen molar-refractivity contribution < 1.29 is 9.59 Å². The number of fused-ring (bicyclic) bond motifs is 3. The zero-order valence-electron chi connectivity index (χ0n) is 18.9. The van der Waals surface area contributed by atoms with Crippen LogP contribution in [0.5, 0.6) is 0 Å². The number of aromatic nitrogens is 2. The fourth-order valence-electron chi connectivity index (χ4n) is 4.77. The van der Waals surface area contributed by atoms with Crippen molar-refractivity contribution in [1.29, 1.82) is 0 Å². The van der Waals surface area contributed by atoms with Crippen LogP contribution in [-0.2, 0) is 28.2 Å². The predicted molar refractivity (Wildman–Crippen MR) is 130 cm³/mol. The van der Waals surface area contributed by atoms with Gasteiger partial charge in [-0.1, -0.05) is 13.8 Å². The summed E-state index contributed by atoms with van der Waals surface area (Å²) in [5, 5.41) is 3.87. The Morgan fingerprint density at radius 3 is 2.72 bits per heavy atom. The van der Waals surface area contributed by atoms with Gasteiger partial charge in [-0.2, -0.15) is 0 Å². The van der Waals surface area contributed by atoms with Crippen LogP contribution in [0, 0.1) is 5.92 Å². The molecule has 1 aliphatic heterocycles. The average Bonchev–Trinajstić information content (AvgIpc) is 3.36. The molecule has 0 radical (unpaired) electrons. The molecule has 3 heterocycles. The van der Waals surface area contributed by atoms with E-state index in [0.717, 1.165) is 55.2 Å². The normalized spacial score (nSPS) is 16.7. The summed E-state index contributed by atoms with van der Waals surface area (Å²) in [6.07, 6.45) is 6.50. The SMILES string of the molecule is CCC(CC)C(=O)N1CCC(NC(=O)CSCc2nc3sc4c(c3c(=O)[nH]2)CCC4)CC1. The fraction of sp³-hybridized carbons (Fsp3) is 0.652. The van der Waals surface area contributed by atoms with E-state index in [0.29, 0.717) is 30.4 Å². The highest BCUT2D eigenvalue weighted by molar-refractivity contribution is 7.99. The highest BCUT2D eigenvalue weighted by Crippen LogP contribution is 2.34. The standard InChI is InChI=1S/C23H32N4O3S2/c1-3-14(4-2)23(30)27-10-8-15(9-11-27)24-19(28)13-31-12-18-25-21(29)20-16-6-5-7-17(16)32-22(20)26-18/h14-15H,3-13H2,1-2H3,(H,24,28)(H,25,26,29). The summed E-state index contributed by atoms with van der Waals surface area (Å²) in [6, 6.07) is 0.122. The maximum Gasteiger partial charge on any atom is 0.259 e. The molecule has 2 aliphatic rings. The zero-order valence-corrected chi connectivity index (χ0v) is 20.5. The van der Waals surface area contributed by atoms with Gasteiger partial charge in [0.25, 0.3) is 5.56 Å². The molecule has 174 valence electrons. The van der Waals surface area contributed by atoms with Crippen LogP contribution in [0.3, 0.4) is 0 Å².